The van der Waals surface area contributed by atoms with E-state index in [9.17, 15) is 4.79 Å². The fraction of sp³-hybridized carbons (Fsp3) is 0.111. The number of anilines is 1. The van der Waals surface area contributed by atoms with E-state index < -0.39 is 0 Å². The zero-order valence-corrected chi connectivity index (χ0v) is 14.5. The minimum absolute atomic E-state index is 0.0760. The molecule has 0 aliphatic carbocycles. The molecule has 1 heterocycles. The Labute approximate surface area is 149 Å². The smallest absolute Gasteiger partial charge is 0.262 e. The number of aromatic nitrogens is 1. The lowest BCUT2D eigenvalue weighted by atomic mass is 10.1. The number of hydrogen-bond acceptors (Lipinski definition) is 4. The van der Waals surface area contributed by atoms with Gasteiger partial charge in [-0.15, -0.1) is 11.3 Å². The molecule has 0 spiro atoms. The largest absolute Gasteiger partial charge is 0.484 e. The van der Waals surface area contributed by atoms with Gasteiger partial charge in [-0.3, -0.25) is 4.79 Å². The van der Waals surface area contributed by atoms with E-state index in [-0.39, 0.29) is 12.5 Å². The molecule has 0 radical (unpaired) electrons. The lowest BCUT2D eigenvalue weighted by molar-refractivity contribution is -0.118. The highest BCUT2D eigenvalue weighted by Crippen LogP contribution is 2.23. The van der Waals surface area contributed by atoms with Crippen molar-refractivity contribution in [2.45, 2.75) is 6.92 Å². The van der Waals surface area contributed by atoms with Crippen LogP contribution < -0.4 is 10.1 Å². The Bertz CT molecular complexity index is 846. The molecule has 0 atom stereocenters. The van der Waals surface area contributed by atoms with Crippen LogP contribution in [0.5, 0.6) is 5.75 Å². The number of halogens is 1. The molecule has 2 aromatic carbocycles. The van der Waals surface area contributed by atoms with Crippen LogP contribution in [0, 0.1) is 6.92 Å². The number of benzene rings is 2. The van der Waals surface area contributed by atoms with Crippen LogP contribution in [0.3, 0.4) is 0 Å². The van der Waals surface area contributed by atoms with Gasteiger partial charge in [0.25, 0.3) is 5.91 Å². The zero-order chi connectivity index (χ0) is 16.9. The predicted molar refractivity (Wildman–Crippen MR) is 97.9 cm³/mol. The van der Waals surface area contributed by atoms with Crippen LogP contribution in [-0.4, -0.2) is 17.5 Å². The number of nitrogens with zero attached hydrogens (tertiary/aromatic N) is 1. The number of thiazole rings is 1. The highest BCUT2D eigenvalue weighted by molar-refractivity contribution is 7.09. The molecule has 1 N–H and O–H groups in total. The fourth-order valence-corrected chi connectivity index (χ4v) is 2.93. The molecule has 1 aromatic heterocycles. The Morgan fingerprint density at radius 3 is 2.71 bits per heavy atom. The van der Waals surface area contributed by atoms with Gasteiger partial charge in [-0.05, 0) is 37.3 Å². The molecule has 122 valence electrons. The average Bonchev–Trinajstić information content (AvgIpc) is 3.00. The monoisotopic (exact) mass is 358 g/mol. The van der Waals surface area contributed by atoms with Gasteiger partial charge in [0, 0.05) is 21.7 Å². The van der Waals surface area contributed by atoms with Gasteiger partial charge in [-0.1, -0.05) is 29.8 Å². The van der Waals surface area contributed by atoms with E-state index in [2.05, 4.69) is 10.3 Å². The predicted octanol–water partition coefficient (Wildman–Crippen LogP) is 4.79. The summed E-state index contributed by atoms with van der Waals surface area (Å²) in [5.74, 6) is 0.333. The van der Waals surface area contributed by atoms with Crippen molar-refractivity contribution < 1.29 is 9.53 Å². The van der Waals surface area contributed by atoms with Crippen molar-refractivity contribution in [3.63, 3.8) is 0 Å². The maximum atomic E-state index is 11.9. The van der Waals surface area contributed by atoms with E-state index in [1.807, 2.05) is 36.6 Å². The van der Waals surface area contributed by atoms with Gasteiger partial charge in [0.1, 0.15) is 5.75 Å². The minimum atomic E-state index is -0.229. The number of aryl methyl sites for hydroxylation is 1. The van der Waals surface area contributed by atoms with Crippen LogP contribution in [0.25, 0.3) is 11.3 Å². The Morgan fingerprint density at radius 2 is 2.04 bits per heavy atom. The SMILES string of the molecule is Cc1nc(-c2ccc(NC(=O)COc3cccc(Cl)c3)cc2)cs1. The summed E-state index contributed by atoms with van der Waals surface area (Å²) in [6.45, 7) is 1.90. The van der Waals surface area contributed by atoms with Gasteiger partial charge in [-0.25, -0.2) is 4.98 Å². The van der Waals surface area contributed by atoms with Crippen LogP contribution >= 0.6 is 22.9 Å². The number of amides is 1. The molecule has 0 bridgehead atoms. The Hall–Kier alpha value is -2.37. The van der Waals surface area contributed by atoms with E-state index in [1.165, 1.54) is 0 Å². The zero-order valence-electron chi connectivity index (χ0n) is 13.0. The number of hydrogen-bond donors (Lipinski definition) is 1. The average molecular weight is 359 g/mol. The minimum Gasteiger partial charge on any atom is -0.484 e. The van der Waals surface area contributed by atoms with E-state index in [4.69, 9.17) is 16.3 Å². The summed E-state index contributed by atoms with van der Waals surface area (Å²) >= 11 is 7.48. The highest BCUT2D eigenvalue weighted by Gasteiger charge is 2.06. The molecule has 0 saturated carbocycles. The molecule has 0 aliphatic rings. The number of carbonyl (C=O) groups is 1. The lowest BCUT2D eigenvalue weighted by Gasteiger charge is -2.08. The lowest BCUT2D eigenvalue weighted by Crippen LogP contribution is -2.20. The molecule has 0 aliphatic heterocycles. The molecule has 0 unspecified atom stereocenters. The Kier molecular flexibility index (Phi) is 5.13. The van der Waals surface area contributed by atoms with Gasteiger partial charge in [-0.2, -0.15) is 0 Å². The third-order valence-corrected chi connectivity index (χ3v) is 4.26. The molecular formula is C18H15ClN2O2S. The van der Waals surface area contributed by atoms with Crippen molar-refractivity contribution in [1.29, 1.82) is 0 Å². The van der Waals surface area contributed by atoms with Crippen molar-refractivity contribution in [2.75, 3.05) is 11.9 Å². The highest BCUT2D eigenvalue weighted by atomic mass is 35.5. The first-order valence-corrected chi connectivity index (χ1v) is 8.57. The first-order chi connectivity index (χ1) is 11.6. The molecule has 4 nitrogen and oxygen atoms in total. The van der Waals surface area contributed by atoms with E-state index in [1.54, 1.807) is 35.6 Å². The number of rotatable bonds is 5. The second-order valence-corrected chi connectivity index (χ2v) is 6.62. The maximum absolute atomic E-state index is 11.9. The third-order valence-electron chi connectivity index (χ3n) is 3.25. The second-order valence-electron chi connectivity index (χ2n) is 5.12. The molecular weight excluding hydrogens is 344 g/mol. The van der Waals surface area contributed by atoms with Crippen LogP contribution in [0.4, 0.5) is 5.69 Å². The molecule has 1 amide bonds. The van der Waals surface area contributed by atoms with E-state index in [0.717, 1.165) is 16.3 Å². The standard InChI is InChI=1S/C18H15ClN2O2S/c1-12-20-17(11-24-12)13-5-7-15(8-6-13)21-18(22)10-23-16-4-2-3-14(19)9-16/h2-9,11H,10H2,1H3,(H,21,22). The van der Waals surface area contributed by atoms with E-state index in [0.29, 0.717) is 16.5 Å². The van der Waals surface area contributed by atoms with Crippen molar-refractivity contribution in [3.8, 4) is 17.0 Å². The van der Waals surface area contributed by atoms with Crippen LogP contribution in [-0.2, 0) is 4.79 Å². The topological polar surface area (TPSA) is 51.2 Å². The van der Waals surface area contributed by atoms with Crippen LogP contribution in [0.1, 0.15) is 5.01 Å². The third kappa shape index (κ3) is 4.34. The molecule has 24 heavy (non-hydrogen) atoms. The summed E-state index contributed by atoms with van der Waals surface area (Å²) in [6.07, 6.45) is 0. The van der Waals surface area contributed by atoms with Gasteiger partial charge in [0.05, 0.1) is 10.7 Å². The quantitative estimate of drug-likeness (QED) is 0.713. The molecule has 3 rings (SSSR count). The maximum Gasteiger partial charge on any atom is 0.262 e. The summed E-state index contributed by atoms with van der Waals surface area (Å²) in [5.41, 5.74) is 2.68. The summed E-state index contributed by atoms with van der Waals surface area (Å²) in [5, 5.41) is 6.41. The molecule has 6 heteroatoms. The molecule has 0 fully saturated rings. The summed E-state index contributed by atoms with van der Waals surface area (Å²) in [6, 6.07) is 14.5. The first kappa shape index (κ1) is 16.5. The second kappa shape index (κ2) is 7.47. The van der Waals surface area contributed by atoms with Gasteiger partial charge < -0.3 is 10.1 Å². The van der Waals surface area contributed by atoms with Crippen molar-refractivity contribution in [2.24, 2.45) is 0 Å². The van der Waals surface area contributed by atoms with Crippen molar-refractivity contribution in [3.05, 3.63) is 63.9 Å². The van der Waals surface area contributed by atoms with Gasteiger partial charge in [0.15, 0.2) is 6.61 Å². The van der Waals surface area contributed by atoms with E-state index >= 15 is 0 Å². The normalized spacial score (nSPS) is 10.4. The van der Waals surface area contributed by atoms with Gasteiger partial charge >= 0.3 is 0 Å². The first-order valence-electron chi connectivity index (χ1n) is 7.31. The van der Waals surface area contributed by atoms with Crippen LogP contribution in [0.15, 0.2) is 53.9 Å². The van der Waals surface area contributed by atoms with Crippen molar-refractivity contribution >= 4 is 34.5 Å². The molecule has 3 aromatic rings. The van der Waals surface area contributed by atoms with Crippen molar-refractivity contribution in [1.82, 2.24) is 4.98 Å². The van der Waals surface area contributed by atoms with Gasteiger partial charge in [0.2, 0.25) is 0 Å². The van der Waals surface area contributed by atoms with Crippen LogP contribution in [0.2, 0.25) is 5.02 Å². The number of ether oxygens (including phenoxy) is 1. The Morgan fingerprint density at radius 1 is 1.25 bits per heavy atom. The summed E-state index contributed by atoms with van der Waals surface area (Å²) < 4.78 is 5.41. The molecule has 0 saturated heterocycles. The summed E-state index contributed by atoms with van der Waals surface area (Å²) in [4.78, 5) is 16.4. The number of nitrogens with one attached hydrogen (secondary N) is 1. The Balaban J connectivity index is 1.56. The number of carbonyl (C=O) groups excluding carboxylic acids is 1. The fourth-order valence-electron chi connectivity index (χ4n) is 2.12. The summed E-state index contributed by atoms with van der Waals surface area (Å²) in [7, 11) is 0.